The molecule has 3 aromatic rings. The van der Waals surface area contributed by atoms with Crippen LogP contribution in [0.25, 0.3) is 5.65 Å². The third kappa shape index (κ3) is 6.36. The van der Waals surface area contributed by atoms with Crippen molar-refractivity contribution in [3.63, 3.8) is 0 Å². The average Bonchev–Trinajstić information content (AvgIpc) is 3.63. The van der Waals surface area contributed by atoms with Crippen LogP contribution in [0.4, 0.5) is 0 Å². The van der Waals surface area contributed by atoms with Gasteiger partial charge in [0.25, 0.3) is 11.8 Å². The number of amides is 2. The number of nitrogens with one attached hydrogen (secondary N) is 1. The molecule has 2 aliphatic heterocycles. The van der Waals surface area contributed by atoms with Gasteiger partial charge in [0, 0.05) is 16.9 Å². The summed E-state index contributed by atoms with van der Waals surface area (Å²) in [5.41, 5.74) is 1.57. The highest BCUT2D eigenvalue weighted by Gasteiger charge is 2.54. The number of carboxylic acid groups (broad SMARTS) is 1. The number of esters is 1. The quantitative estimate of drug-likeness (QED) is 0.103. The van der Waals surface area contributed by atoms with Crippen molar-refractivity contribution < 1.29 is 33.9 Å². The number of fused-ring (bicyclic) bond motifs is 2. The minimum absolute atomic E-state index is 0.126. The summed E-state index contributed by atoms with van der Waals surface area (Å²) in [6.45, 7) is 4.56. The van der Waals surface area contributed by atoms with Crippen LogP contribution in [0.15, 0.2) is 44.5 Å². The Balaban J connectivity index is 1.26. The van der Waals surface area contributed by atoms with E-state index in [0.29, 0.717) is 22.0 Å². The Hall–Kier alpha value is -4.10. The second kappa shape index (κ2) is 12.0. The molecule has 0 bridgehead atoms. The third-order valence-corrected chi connectivity index (χ3v) is 8.56. The fourth-order valence-electron chi connectivity index (χ4n) is 3.93. The number of rotatable bonds is 10. The molecule has 0 aliphatic carbocycles. The molecule has 1 unspecified atom stereocenters. The summed E-state index contributed by atoms with van der Waals surface area (Å²) in [7, 11) is 0. The van der Waals surface area contributed by atoms with Gasteiger partial charge in [-0.2, -0.15) is 0 Å². The molecule has 2 N–H and O–H groups in total. The van der Waals surface area contributed by atoms with E-state index in [1.54, 1.807) is 38.3 Å². The molecule has 16 nitrogen and oxygen atoms in total. The average molecular weight is 634 g/mol. The lowest BCUT2D eigenvalue weighted by atomic mass is 10.0. The van der Waals surface area contributed by atoms with Gasteiger partial charge in [-0.1, -0.05) is 5.16 Å². The number of carbonyl (C=O) groups is 4. The highest BCUT2D eigenvalue weighted by Crippen LogP contribution is 2.41. The molecule has 42 heavy (non-hydrogen) atoms. The highest BCUT2D eigenvalue weighted by atomic mass is 32.2. The van der Waals surface area contributed by atoms with Gasteiger partial charge in [0.1, 0.15) is 33.4 Å². The topological polar surface area (TPSA) is 203 Å². The van der Waals surface area contributed by atoms with Gasteiger partial charge in [-0.25, -0.2) is 14.6 Å². The maximum absolute atomic E-state index is 13.2. The molecule has 2 amide bonds. The molecule has 5 heterocycles. The molecule has 5 rings (SSSR count). The zero-order valence-electron chi connectivity index (χ0n) is 22.3. The van der Waals surface area contributed by atoms with Crippen LogP contribution in [-0.4, -0.2) is 105 Å². The molecule has 0 aromatic carbocycles. The second-order valence-corrected chi connectivity index (χ2v) is 12.6. The van der Waals surface area contributed by atoms with Crippen LogP contribution in [0.1, 0.15) is 26.5 Å². The van der Waals surface area contributed by atoms with Crippen molar-refractivity contribution in [1.82, 2.24) is 40.5 Å². The Morgan fingerprint density at radius 1 is 1.29 bits per heavy atom. The van der Waals surface area contributed by atoms with Crippen molar-refractivity contribution in [2.24, 2.45) is 5.16 Å². The number of oxime groups is 1. The van der Waals surface area contributed by atoms with Crippen molar-refractivity contribution in [3.05, 3.63) is 40.0 Å². The van der Waals surface area contributed by atoms with E-state index in [9.17, 15) is 24.3 Å². The summed E-state index contributed by atoms with van der Waals surface area (Å²) in [5.74, 6) is -2.71. The van der Waals surface area contributed by atoms with E-state index in [-0.39, 0.29) is 22.9 Å². The first-order valence-electron chi connectivity index (χ1n) is 12.2. The van der Waals surface area contributed by atoms with Gasteiger partial charge in [-0.05, 0) is 48.9 Å². The number of carboxylic acids is 1. The maximum atomic E-state index is 13.2. The summed E-state index contributed by atoms with van der Waals surface area (Å²) in [6, 6.07) is 2.39. The molecular weight excluding hydrogens is 611 g/mol. The van der Waals surface area contributed by atoms with Crippen LogP contribution in [0.2, 0.25) is 0 Å². The smallest absolute Gasteiger partial charge is 0.352 e. The van der Waals surface area contributed by atoms with E-state index in [1.165, 1.54) is 49.9 Å². The van der Waals surface area contributed by atoms with Crippen molar-refractivity contribution in [3.8, 4) is 0 Å². The van der Waals surface area contributed by atoms with Gasteiger partial charge in [-0.15, -0.1) is 49.7 Å². The number of carbonyl (C=O) groups excluding carboxylic acids is 3. The fourth-order valence-corrected chi connectivity index (χ4v) is 6.80. The van der Waals surface area contributed by atoms with Crippen molar-refractivity contribution in [1.29, 1.82) is 0 Å². The Morgan fingerprint density at radius 2 is 2.10 bits per heavy atom. The van der Waals surface area contributed by atoms with Gasteiger partial charge in [0.05, 0.1) is 5.51 Å². The van der Waals surface area contributed by atoms with Crippen molar-refractivity contribution in [2.75, 3.05) is 18.1 Å². The molecule has 0 spiro atoms. The van der Waals surface area contributed by atoms with Crippen LogP contribution in [0.3, 0.4) is 0 Å². The van der Waals surface area contributed by atoms with E-state index in [1.807, 2.05) is 0 Å². The van der Waals surface area contributed by atoms with Gasteiger partial charge in [-0.3, -0.25) is 14.5 Å². The van der Waals surface area contributed by atoms with E-state index in [0.717, 1.165) is 0 Å². The van der Waals surface area contributed by atoms with Gasteiger partial charge >= 0.3 is 11.9 Å². The number of hydrogen-bond acceptors (Lipinski definition) is 15. The predicted octanol–water partition coefficient (Wildman–Crippen LogP) is 0.569. The maximum Gasteiger partial charge on any atom is 0.352 e. The standard InChI is InChI=1S/C23H23N9O7S3/c1-23(2,3)39-15(33)6-38-28-16(12-9-40-10-24-12)19(34)25-17-20(35)31-18(22(36)37)11(8-42-21(17)31)7-41-14-5-4-13-26-29-30-32(13)27-14/h4-5,9-10,17,21H,6-8H2,1-3H3,(H,25,34)(H,36,37)/t17?,21-/m1/s1. The lowest BCUT2D eigenvalue weighted by Gasteiger charge is -2.49. The summed E-state index contributed by atoms with van der Waals surface area (Å²) in [4.78, 5) is 60.8. The lowest BCUT2D eigenvalue weighted by Crippen LogP contribution is -2.71. The largest absolute Gasteiger partial charge is 0.477 e. The van der Waals surface area contributed by atoms with E-state index in [2.05, 4.69) is 36.1 Å². The normalized spacial score (nSPS) is 18.9. The van der Waals surface area contributed by atoms with Crippen LogP contribution in [-0.2, 0) is 28.8 Å². The Kier molecular flexibility index (Phi) is 8.41. The number of nitrogens with zero attached hydrogens (tertiary/aromatic N) is 8. The molecule has 19 heteroatoms. The number of ether oxygens (including phenoxy) is 1. The van der Waals surface area contributed by atoms with Crippen LogP contribution >= 0.6 is 34.9 Å². The van der Waals surface area contributed by atoms with Gasteiger partial charge < -0.3 is 20.0 Å². The highest BCUT2D eigenvalue weighted by molar-refractivity contribution is 8.01. The van der Waals surface area contributed by atoms with Gasteiger partial charge in [0.15, 0.2) is 11.4 Å². The third-order valence-electron chi connectivity index (χ3n) is 5.62. The first kappa shape index (κ1) is 29.4. The first-order chi connectivity index (χ1) is 20.0. The number of hydrogen-bond donors (Lipinski definition) is 2. The first-order valence-corrected chi connectivity index (χ1v) is 15.2. The molecule has 1 fully saturated rings. The number of thiazole rings is 1. The lowest BCUT2D eigenvalue weighted by molar-refractivity contribution is -0.160. The summed E-state index contributed by atoms with van der Waals surface area (Å²) in [5, 5.41) is 33.2. The summed E-state index contributed by atoms with van der Waals surface area (Å²) < 4.78 is 6.43. The number of β-lactam (4-membered cyclic amide) rings is 1. The molecule has 0 radical (unpaired) electrons. The number of aromatic nitrogens is 6. The minimum Gasteiger partial charge on any atom is -0.477 e. The monoisotopic (exact) mass is 633 g/mol. The number of thioether (sulfide) groups is 2. The van der Waals surface area contributed by atoms with Crippen LogP contribution in [0, 0.1) is 0 Å². The number of aliphatic carboxylic acids is 1. The zero-order valence-corrected chi connectivity index (χ0v) is 24.7. The summed E-state index contributed by atoms with van der Waals surface area (Å²) in [6.07, 6.45) is 0. The molecule has 220 valence electrons. The van der Waals surface area contributed by atoms with Crippen LogP contribution in [0.5, 0.6) is 0 Å². The van der Waals surface area contributed by atoms with Crippen molar-refractivity contribution in [2.45, 2.75) is 42.8 Å². The SMILES string of the molecule is CC(C)(C)OC(=O)CON=C(C(=O)NC1C(=O)N2C(C(=O)O)=C(CSc3ccc4nnnn4n3)CS[C@H]12)c1cscn1. The molecule has 1 saturated heterocycles. The zero-order chi connectivity index (χ0) is 30.0. The molecular formula is C23H23N9O7S3. The van der Waals surface area contributed by atoms with Gasteiger partial charge in [0.2, 0.25) is 6.61 Å². The Morgan fingerprint density at radius 3 is 2.81 bits per heavy atom. The summed E-state index contributed by atoms with van der Waals surface area (Å²) >= 11 is 3.82. The van der Waals surface area contributed by atoms with Crippen LogP contribution < -0.4 is 5.32 Å². The second-order valence-electron chi connectivity index (χ2n) is 9.78. The van der Waals surface area contributed by atoms with E-state index < -0.39 is 47.4 Å². The molecule has 2 atom stereocenters. The van der Waals surface area contributed by atoms with E-state index in [4.69, 9.17) is 9.57 Å². The Bertz CT molecular complexity index is 1600. The minimum atomic E-state index is -1.25. The number of tetrazole rings is 1. The van der Waals surface area contributed by atoms with Crippen molar-refractivity contribution >= 4 is 70.0 Å². The Labute approximate surface area is 249 Å². The predicted molar refractivity (Wildman–Crippen MR) is 149 cm³/mol. The molecule has 2 aliphatic rings. The fraction of sp³-hybridized carbons (Fsp3) is 0.391. The molecule has 0 saturated carbocycles. The molecule has 3 aromatic heterocycles. The van der Waals surface area contributed by atoms with E-state index >= 15 is 0 Å².